The molecule has 0 amide bonds. The van der Waals surface area contributed by atoms with Crippen LogP contribution in [-0.2, 0) is 4.74 Å². The monoisotopic (exact) mass is 437 g/mol. The van der Waals surface area contributed by atoms with Crippen LogP contribution in [0.15, 0.2) is 0 Å². The summed E-state index contributed by atoms with van der Waals surface area (Å²) < 4.78 is 151. The highest BCUT2D eigenvalue weighted by Gasteiger charge is 2.66. The van der Waals surface area contributed by atoms with Gasteiger partial charge in [-0.2, -0.15) is 26.3 Å². The van der Waals surface area contributed by atoms with Crippen LogP contribution in [0.25, 0.3) is 0 Å². The van der Waals surface area contributed by atoms with Gasteiger partial charge in [-0.05, 0) is 45.2 Å². The van der Waals surface area contributed by atoms with Crippen LogP contribution in [0.2, 0.25) is 0 Å². The molecule has 2 rings (SSSR count). The SMILES string of the molecule is FC(C(F)(F)F)C(F)(F)C1CCCC(C(F)(F)C(N2CCCC2)C(F)(F)F)O1. The molecule has 2 saturated heterocycles. The van der Waals surface area contributed by atoms with Crippen molar-refractivity contribution in [2.45, 2.75) is 80.7 Å². The van der Waals surface area contributed by atoms with Gasteiger partial charge in [0.05, 0.1) is 0 Å². The molecule has 0 aliphatic carbocycles. The van der Waals surface area contributed by atoms with Gasteiger partial charge < -0.3 is 4.74 Å². The molecule has 2 fully saturated rings. The van der Waals surface area contributed by atoms with Gasteiger partial charge in [-0.15, -0.1) is 0 Å². The average Bonchev–Trinajstić information content (AvgIpc) is 3.05. The number of ether oxygens (including phenoxy) is 1. The predicted molar refractivity (Wildman–Crippen MR) is 74.0 cm³/mol. The van der Waals surface area contributed by atoms with Gasteiger partial charge in [0.2, 0.25) is 0 Å². The third kappa shape index (κ3) is 4.65. The fraction of sp³-hybridized carbons (Fsp3) is 1.00. The van der Waals surface area contributed by atoms with Crippen molar-refractivity contribution in [3.05, 3.63) is 0 Å². The maximum absolute atomic E-state index is 14.7. The number of halogens is 11. The molecule has 2 nitrogen and oxygen atoms in total. The Morgan fingerprint density at radius 2 is 1.14 bits per heavy atom. The quantitative estimate of drug-likeness (QED) is 0.554. The van der Waals surface area contributed by atoms with E-state index in [1.807, 2.05) is 0 Å². The number of hydrogen-bond donors (Lipinski definition) is 0. The number of alkyl halides is 11. The van der Waals surface area contributed by atoms with Crippen LogP contribution >= 0.6 is 0 Å². The van der Waals surface area contributed by atoms with Gasteiger partial charge >= 0.3 is 18.3 Å². The molecule has 2 aliphatic rings. The highest BCUT2D eigenvalue weighted by Crippen LogP contribution is 2.47. The Bertz CT molecular complexity index is 527. The first-order valence-corrected chi connectivity index (χ1v) is 8.52. The van der Waals surface area contributed by atoms with Crippen molar-refractivity contribution in [1.29, 1.82) is 0 Å². The lowest BCUT2D eigenvalue weighted by atomic mass is 9.91. The van der Waals surface area contributed by atoms with Gasteiger partial charge in [-0.3, -0.25) is 4.90 Å². The Balaban J connectivity index is 2.25. The average molecular weight is 437 g/mol. The molecule has 0 aromatic heterocycles. The maximum Gasteiger partial charge on any atom is 0.425 e. The zero-order valence-electron chi connectivity index (χ0n) is 14.3. The Morgan fingerprint density at radius 3 is 1.57 bits per heavy atom. The molecule has 0 spiro atoms. The molecule has 2 heterocycles. The van der Waals surface area contributed by atoms with Crippen LogP contribution in [0.5, 0.6) is 0 Å². The van der Waals surface area contributed by atoms with Crippen molar-refractivity contribution < 1.29 is 53.0 Å². The van der Waals surface area contributed by atoms with Gasteiger partial charge in [0.25, 0.3) is 12.1 Å². The number of nitrogens with zero attached hydrogens (tertiary/aromatic N) is 1. The molecule has 13 heteroatoms. The minimum atomic E-state index is -5.98. The molecule has 28 heavy (non-hydrogen) atoms. The van der Waals surface area contributed by atoms with E-state index in [9.17, 15) is 48.3 Å². The minimum absolute atomic E-state index is 0.226. The zero-order valence-corrected chi connectivity index (χ0v) is 14.3. The van der Waals surface area contributed by atoms with Crippen molar-refractivity contribution in [3.8, 4) is 0 Å². The van der Waals surface area contributed by atoms with E-state index in [4.69, 9.17) is 0 Å². The van der Waals surface area contributed by atoms with E-state index in [1.54, 1.807) is 0 Å². The first-order valence-electron chi connectivity index (χ1n) is 8.52. The molecule has 2 aliphatic heterocycles. The summed E-state index contributed by atoms with van der Waals surface area (Å²) in [6, 6.07) is -3.33. The van der Waals surface area contributed by atoms with E-state index in [-0.39, 0.29) is 25.9 Å². The van der Waals surface area contributed by atoms with Crippen molar-refractivity contribution in [1.82, 2.24) is 4.90 Å². The molecule has 0 saturated carbocycles. The van der Waals surface area contributed by atoms with Crippen molar-refractivity contribution in [2.24, 2.45) is 0 Å². The summed E-state index contributed by atoms with van der Waals surface area (Å²) in [5.74, 6) is -9.92. The molecular formula is C15H18F11NO. The predicted octanol–water partition coefficient (Wildman–Crippen LogP) is 5.12. The number of likely N-dealkylation sites (tertiary alicyclic amines) is 1. The molecule has 0 aromatic carbocycles. The first kappa shape index (κ1) is 23.4. The van der Waals surface area contributed by atoms with Gasteiger partial charge in [0, 0.05) is 0 Å². The van der Waals surface area contributed by atoms with Gasteiger partial charge in [0.1, 0.15) is 12.2 Å². The Labute approximate surface area is 153 Å². The summed E-state index contributed by atoms with van der Waals surface area (Å²) in [5.41, 5.74) is 0. The van der Waals surface area contributed by atoms with Crippen LogP contribution in [0.3, 0.4) is 0 Å². The second-order valence-electron chi connectivity index (χ2n) is 6.98. The highest BCUT2D eigenvalue weighted by atomic mass is 19.4. The second kappa shape index (κ2) is 7.77. The number of hydrogen-bond acceptors (Lipinski definition) is 2. The maximum atomic E-state index is 14.7. The molecule has 166 valence electrons. The molecule has 0 bridgehead atoms. The normalized spacial score (nSPS) is 28.4. The van der Waals surface area contributed by atoms with Crippen molar-refractivity contribution in [2.75, 3.05) is 13.1 Å². The first-order chi connectivity index (χ1) is 12.6. The van der Waals surface area contributed by atoms with Gasteiger partial charge in [0.15, 0.2) is 6.04 Å². The third-order valence-electron chi connectivity index (χ3n) is 4.93. The van der Waals surface area contributed by atoms with Crippen LogP contribution in [0.4, 0.5) is 48.3 Å². The van der Waals surface area contributed by atoms with E-state index < -0.39 is 67.9 Å². The van der Waals surface area contributed by atoms with E-state index >= 15 is 0 Å². The van der Waals surface area contributed by atoms with Crippen molar-refractivity contribution >= 4 is 0 Å². The zero-order chi connectivity index (χ0) is 21.5. The summed E-state index contributed by atoms with van der Waals surface area (Å²) in [7, 11) is 0. The Morgan fingerprint density at radius 1 is 0.679 bits per heavy atom. The molecule has 4 atom stereocenters. The summed E-state index contributed by atoms with van der Waals surface area (Å²) in [6.45, 7) is -0.598. The summed E-state index contributed by atoms with van der Waals surface area (Å²) in [5, 5.41) is 0. The van der Waals surface area contributed by atoms with E-state index in [1.165, 1.54) is 0 Å². The summed E-state index contributed by atoms with van der Waals surface area (Å²) in [6.07, 6.45) is -23.5. The standard InChI is InChI=1S/C15H18F11NO/c16-10(14(21,22)23)12(17,18)8-4-3-5-9(28-8)13(19,20)11(15(24,25)26)27-6-1-2-7-27/h8-11H,1-7H2. The molecule has 0 N–H and O–H groups in total. The summed E-state index contributed by atoms with van der Waals surface area (Å²) >= 11 is 0. The smallest absolute Gasteiger partial charge is 0.362 e. The molecule has 0 aromatic rings. The highest BCUT2D eigenvalue weighted by molar-refractivity contribution is 5.01. The Kier molecular flexibility index (Phi) is 6.50. The van der Waals surface area contributed by atoms with Crippen LogP contribution in [0, 0.1) is 0 Å². The topological polar surface area (TPSA) is 12.5 Å². The lowest BCUT2D eigenvalue weighted by molar-refractivity contribution is -0.315. The van der Waals surface area contributed by atoms with E-state index in [2.05, 4.69) is 4.74 Å². The van der Waals surface area contributed by atoms with Crippen LogP contribution in [0.1, 0.15) is 32.1 Å². The van der Waals surface area contributed by atoms with E-state index in [0.29, 0.717) is 4.90 Å². The third-order valence-corrected chi connectivity index (χ3v) is 4.93. The lowest BCUT2D eigenvalue weighted by Gasteiger charge is -2.43. The van der Waals surface area contributed by atoms with Gasteiger partial charge in [-0.25, -0.2) is 22.0 Å². The lowest BCUT2D eigenvalue weighted by Crippen LogP contribution is -2.63. The minimum Gasteiger partial charge on any atom is -0.362 e. The molecule has 0 radical (unpaired) electrons. The van der Waals surface area contributed by atoms with Crippen molar-refractivity contribution in [3.63, 3.8) is 0 Å². The molecular weight excluding hydrogens is 419 g/mol. The van der Waals surface area contributed by atoms with Crippen LogP contribution < -0.4 is 0 Å². The molecule has 4 unspecified atom stereocenters. The number of rotatable bonds is 5. The fourth-order valence-corrected chi connectivity index (χ4v) is 3.62. The Hall–Kier alpha value is -0.850. The fourth-order valence-electron chi connectivity index (χ4n) is 3.62. The largest absolute Gasteiger partial charge is 0.425 e. The summed E-state index contributed by atoms with van der Waals surface area (Å²) in [4.78, 5) is 0.457. The van der Waals surface area contributed by atoms with Gasteiger partial charge in [-0.1, -0.05) is 0 Å². The van der Waals surface area contributed by atoms with E-state index in [0.717, 1.165) is 0 Å². The van der Waals surface area contributed by atoms with Crippen LogP contribution in [-0.4, -0.2) is 66.6 Å². The second-order valence-corrected chi connectivity index (χ2v) is 6.98.